The molecule has 0 amide bonds. The summed E-state index contributed by atoms with van der Waals surface area (Å²) in [6, 6.07) is 14.7. The molecule has 0 radical (unpaired) electrons. The molecule has 0 atom stereocenters. The van der Waals surface area contributed by atoms with E-state index in [1.807, 2.05) is 24.3 Å². The highest BCUT2D eigenvalue weighted by Gasteiger charge is 2.10. The molecule has 0 fully saturated rings. The fraction of sp³-hybridized carbons (Fsp3) is 0.250. The zero-order valence-corrected chi connectivity index (χ0v) is 11.0. The van der Waals surface area contributed by atoms with Crippen LogP contribution in [-0.2, 0) is 19.4 Å². The largest absolute Gasteiger partial charge is 0.381 e. The molecule has 0 bridgehead atoms. The lowest BCUT2D eigenvalue weighted by atomic mass is 10.1. The van der Waals surface area contributed by atoms with Crippen molar-refractivity contribution in [3.8, 4) is 0 Å². The predicted molar refractivity (Wildman–Crippen MR) is 77.2 cm³/mol. The Hall–Kier alpha value is -1.47. The molecule has 1 N–H and O–H groups in total. The summed E-state index contributed by atoms with van der Waals surface area (Å²) >= 11 is 5.96. The number of nitrogens with one attached hydrogen (secondary N) is 1. The van der Waals surface area contributed by atoms with Gasteiger partial charge in [-0.2, -0.15) is 0 Å². The minimum absolute atomic E-state index is 0.772. The van der Waals surface area contributed by atoms with Gasteiger partial charge in [-0.3, -0.25) is 0 Å². The molecule has 3 rings (SSSR count). The van der Waals surface area contributed by atoms with Crippen molar-refractivity contribution in [2.24, 2.45) is 0 Å². The van der Waals surface area contributed by atoms with E-state index in [4.69, 9.17) is 11.6 Å². The van der Waals surface area contributed by atoms with E-state index >= 15 is 0 Å². The summed E-state index contributed by atoms with van der Waals surface area (Å²) in [5.41, 5.74) is 5.47. The first-order chi connectivity index (χ1) is 8.81. The minimum atomic E-state index is 0.772. The Labute approximate surface area is 113 Å². The van der Waals surface area contributed by atoms with Crippen molar-refractivity contribution in [2.45, 2.75) is 25.8 Å². The van der Waals surface area contributed by atoms with Gasteiger partial charge in [-0.05, 0) is 54.2 Å². The molecule has 0 spiro atoms. The summed E-state index contributed by atoms with van der Waals surface area (Å²) in [5.74, 6) is 0. The molecule has 1 aliphatic carbocycles. The summed E-state index contributed by atoms with van der Waals surface area (Å²) in [6.07, 6.45) is 3.79. The third-order valence-corrected chi connectivity index (χ3v) is 3.72. The van der Waals surface area contributed by atoms with Crippen LogP contribution in [0.1, 0.15) is 23.1 Å². The number of benzene rings is 2. The third-order valence-electron chi connectivity index (χ3n) is 3.48. The van der Waals surface area contributed by atoms with Crippen LogP contribution in [0.15, 0.2) is 42.5 Å². The van der Waals surface area contributed by atoms with E-state index in [1.165, 1.54) is 36.0 Å². The van der Waals surface area contributed by atoms with Crippen LogP contribution in [0.2, 0.25) is 5.02 Å². The van der Waals surface area contributed by atoms with Crippen LogP contribution in [-0.4, -0.2) is 0 Å². The van der Waals surface area contributed by atoms with Crippen LogP contribution >= 0.6 is 11.6 Å². The fourth-order valence-corrected chi connectivity index (χ4v) is 2.73. The maximum Gasteiger partial charge on any atom is 0.0426 e. The van der Waals surface area contributed by atoms with Crippen LogP contribution < -0.4 is 5.32 Å². The van der Waals surface area contributed by atoms with E-state index in [9.17, 15) is 0 Å². The molecule has 1 nitrogen and oxygen atoms in total. The van der Waals surface area contributed by atoms with Gasteiger partial charge in [0.1, 0.15) is 0 Å². The monoisotopic (exact) mass is 257 g/mol. The van der Waals surface area contributed by atoms with Crippen molar-refractivity contribution in [1.29, 1.82) is 0 Å². The van der Waals surface area contributed by atoms with Crippen molar-refractivity contribution < 1.29 is 0 Å². The Morgan fingerprint density at radius 2 is 1.89 bits per heavy atom. The zero-order chi connectivity index (χ0) is 12.4. The average Bonchev–Trinajstić information content (AvgIpc) is 2.84. The molecular weight excluding hydrogens is 242 g/mol. The van der Waals surface area contributed by atoms with E-state index in [-0.39, 0.29) is 0 Å². The number of hydrogen-bond donors (Lipinski definition) is 1. The average molecular weight is 258 g/mol. The van der Waals surface area contributed by atoms with Gasteiger partial charge in [0, 0.05) is 17.3 Å². The molecule has 18 heavy (non-hydrogen) atoms. The fourth-order valence-electron chi connectivity index (χ4n) is 2.54. The lowest BCUT2D eigenvalue weighted by Gasteiger charge is -2.08. The van der Waals surface area contributed by atoms with Crippen LogP contribution in [0.4, 0.5) is 5.69 Å². The SMILES string of the molecule is Clc1cccc(NCc2ccc3c(c2)CCC3)c1. The standard InChI is InChI=1S/C16H16ClN/c17-15-5-2-6-16(10-15)18-11-12-7-8-13-3-1-4-14(13)9-12/h2,5-10,18H,1,3-4,11H2. The van der Waals surface area contributed by atoms with Crippen molar-refractivity contribution in [3.05, 3.63) is 64.2 Å². The van der Waals surface area contributed by atoms with E-state index < -0.39 is 0 Å². The smallest absolute Gasteiger partial charge is 0.0426 e. The first-order valence-corrected chi connectivity index (χ1v) is 6.79. The van der Waals surface area contributed by atoms with Gasteiger partial charge in [-0.15, -0.1) is 0 Å². The van der Waals surface area contributed by atoms with E-state index in [0.29, 0.717) is 0 Å². The molecule has 0 saturated carbocycles. The lowest BCUT2D eigenvalue weighted by molar-refractivity contribution is 0.911. The van der Waals surface area contributed by atoms with Gasteiger partial charge in [0.25, 0.3) is 0 Å². The Bertz CT molecular complexity index is 563. The molecule has 1 aliphatic rings. The molecule has 2 aromatic rings. The van der Waals surface area contributed by atoms with Crippen LogP contribution in [0.25, 0.3) is 0 Å². The van der Waals surface area contributed by atoms with Crippen molar-refractivity contribution >= 4 is 17.3 Å². The van der Waals surface area contributed by atoms with Crippen LogP contribution in [0.5, 0.6) is 0 Å². The number of hydrogen-bond acceptors (Lipinski definition) is 1. The van der Waals surface area contributed by atoms with Crippen molar-refractivity contribution in [3.63, 3.8) is 0 Å². The summed E-state index contributed by atoms with van der Waals surface area (Å²) in [5, 5.41) is 4.18. The van der Waals surface area contributed by atoms with Crippen LogP contribution in [0.3, 0.4) is 0 Å². The van der Waals surface area contributed by atoms with Gasteiger partial charge < -0.3 is 5.32 Å². The van der Waals surface area contributed by atoms with Gasteiger partial charge >= 0.3 is 0 Å². The van der Waals surface area contributed by atoms with E-state index in [2.05, 4.69) is 23.5 Å². The maximum absolute atomic E-state index is 5.96. The third kappa shape index (κ3) is 2.51. The Kier molecular flexibility index (Phi) is 3.24. The highest BCUT2D eigenvalue weighted by molar-refractivity contribution is 6.30. The number of fused-ring (bicyclic) bond motifs is 1. The molecule has 0 heterocycles. The number of rotatable bonds is 3. The summed E-state index contributed by atoms with van der Waals surface area (Å²) in [6.45, 7) is 0.855. The predicted octanol–water partition coefficient (Wildman–Crippen LogP) is 4.44. The minimum Gasteiger partial charge on any atom is -0.381 e. The second-order valence-electron chi connectivity index (χ2n) is 4.82. The quantitative estimate of drug-likeness (QED) is 0.857. The molecule has 0 aliphatic heterocycles. The topological polar surface area (TPSA) is 12.0 Å². The lowest BCUT2D eigenvalue weighted by Crippen LogP contribution is -2.00. The van der Waals surface area contributed by atoms with Gasteiger partial charge in [0.15, 0.2) is 0 Å². The second-order valence-corrected chi connectivity index (χ2v) is 5.26. The molecule has 0 aromatic heterocycles. The molecule has 92 valence electrons. The number of aryl methyl sites for hydroxylation is 2. The molecule has 0 saturated heterocycles. The first kappa shape index (κ1) is 11.6. The molecule has 2 aromatic carbocycles. The van der Waals surface area contributed by atoms with Gasteiger partial charge in [0.2, 0.25) is 0 Å². The summed E-state index contributed by atoms with van der Waals surface area (Å²) in [7, 11) is 0. The van der Waals surface area contributed by atoms with Crippen molar-refractivity contribution in [2.75, 3.05) is 5.32 Å². The zero-order valence-electron chi connectivity index (χ0n) is 10.2. The van der Waals surface area contributed by atoms with Gasteiger partial charge in [-0.1, -0.05) is 35.9 Å². The molecule has 2 heteroatoms. The first-order valence-electron chi connectivity index (χ1n) is 6.41. The Morgan fingerprint density at radius 3 is 2.78 bits per heavy atom. The molecular formula is C16H16ClN. The highest BCUT2D eigenvalue weighted by atomic mass is 35.5. The van der Waals surface area contributed by atoms with E-state index in [1.54, 1.807) is 0 Å². The van der Waals surface area contributed by atoms with Gasteiger partial charge in [0.05, 0.1) is 0 Å². The summed E-state index contributed by atoms with van der Waals surface area (Å²) in [4.78, 5) is 0. The van der Waals surface area contributed by atoms with Gasteiger partial charge in [-0.25, -0.2) is 0 Å². The van der Waals surface area contributed by atoms with Crippen LogP contribution in [0, 0.1) is 0 Å². The Morgan fingerprint density at radius 1 is 1.00 bits per heavy atom. The molecule has 0 unspecified atom stereocenters. The summed E-state index contributed by atoms with van der Waals surface area (Å²) < 4.78 is 0. The highest BCUT2D eigenvalue weighted by Crippen LogP contribution is 2.23. The van der Waals surface area contributed by atoms with Crippen molar-refractivity contribution in [1.82, 2.24) is 0 Å². The normalized spacial score (nSPS) is 13.4. The number of anilines is 1. The number of halogens is 1. The Balaban J connectivity index is 1.70. The van der Waals surface area contributed by atoms with E-state index in [0.717, 1.165) is 17.3 Å². The second kappa shape index (κ2) is 5.03. The maximum atomic E-state index is 5.96.